The number of rotatable bonds is 4. The molecule has 4 nitrogen and oxygen atoms in total. The molecule has 0 spiro atoms. The molecule has 0 aliphatic carbocycles. The van der Waals surface area contributed by atoms with Gasteiger partial charge in [0.05, 0.1) is 11.0 Å². The minimum absolute atomic E-state index is 0.0369. The van der Waals surface area contributed by atoms with Gasteiger partial charge in [-0.2, -0.15) is 0 Å². The number of aromatic amines is 1. The van der Waals surface area contributed by atoms with Gasteiger partial charge in [0.2, 0.25) is 5.91 Å². The Labute approximate surface area is 109 Å². The molecule has 0 aliphatic rings. The number of imidazole rings is 1. The van der Waals surface area contributed by atoms with Crippen LogP contribution in [0.4, 0.5) is 4.39 Å². The van der Waals surface area contributed by atoms with Crippen LogP contribution in [0, 0.1) is 10.6 Å². The van der Waals surface area contributed by atoms with Crippen LogP contribution in [-0.4, -0.2) is 22.0 Å². The molecule has 0 saturated heterocycles. The van der Waals surface area contributed by atoms with E-state index >= 15 is 0 Å². The molecule has 0 radical (unpaired) electrons. The Kier molecular flexibility index (Phi) is 3.76. The van der Waals surface area contributed by atoms with Crippen LogP contribution >= 0.6 is 12.2 Å². The molecular formula is C12H14FN3OS. The number of halogens is 1. The predicted molar refractivity (Wildman–Crippen MR) is 70.4 cm³/mol. The Morgan fingerprint density at radius 2 is 2.33 bits per heavy atom. The molecule has 2 rings (SSSR count). The Balaban J connectivity index is 2.27. The second-order valence-electron chi connectivity index (χ2n) is 3.95. The Morgan fingerprint density at radius 3 is 3.06 bits per heavy atom. The van der Waals surface area contributed by atoms with E-state index in [1.54, 1.807) is 10.6 Å². The summed E-state index contributed by atoms with van der Waals surface area (Å²) in [5.74, 6) is -0.353. The van der Waals surface area contributed by atoms with Crippen molar-refractivity contribution in [2.45, 2.75) is 19.9 Å². The first kappa shape index (κ1) is 12.8. The molecule has 0 atom stereocenters. The van der Waals surface area contributed by atoms with Gasteiger partial charge in [-0.15, -0.1) is 0 Å². The molecule has 6 heteroatoms. The van der Waals surface area contributed by atoms with Crippen LogP contribution in [0.5, 0.6) is 0 Å². The fourth-order valence-corrected chi connectivity index (χ4v) is 2.15. The van der Waals surface area contributed by atoms with Crippen LogP contribution in [0.15, 0.2) is 18.2 Å². The van der Waals surface area contributed by atoms with Crippen molar-refractivity contribution in [2.24, 2.45) is 0 Å². The van der Waals surface area contributed by atoms with Gasteiger partial charge in [0.1, 0.15) is 5.82 Å². The minimum Gasteiger partial charge on any atom is -0.356 e. The molecular weight excluding hydrogens is 253 g/mol. The van der Waals surface area contributed by atoms with Crippen molar-refractivity contribution in [2.75, 3.05) is 6.54 Å². The van der Waals surface area contributed by atoms with Gasteiger partial charge in [-0.05, 0) is 37.3 Å². The summed E-state index contributed by atoms with van der Waals surface area (Å²) in [6, 6.07) is 4.43. The first-order valence-electron chi connectivity index (χ1n) is 5.76. The van der Waals surface area contributed by atoms with E-state index in [2.05, 4.69) is 10.3 Å². The number of fused-ring (bicyclic) bond motifs is 1. The number of benzene rings is 1. The second kappa shape index (κ2) is 5.30. The fourth-order valence-electron chi connectivity index (χ4n) is 1.85. The highest BCUT2D eigenvalue weighted by atomic mass is 32.1. The van der Waals surface area contributed by atoms with Gasteiger partial charge in [-0.1, -0.05) is 0 Å². The third-order valence-corrected chi connectivity index (χ3v) is 3.00. The van der Waals surface area contributed by atoms with Crippen LogP contribution in [0.1, 0.15) is 13.3 Å². The zero-order chi connectivity index (χ0) is 13.1. The van der Waals surface area contributed by atoms with Crippen molar-refractivity contribution in [1.82, 2.24) is 14.9 Å². The SMILES string of the molecule is CCNC(=O)CCn1c(=S)[nH]c2ccc(F)cc21. The standard InChI is InChI=1S/C12H14FN3OS/c1-2-14-11(17)5-6-16-10-7-8(13)3-4-9(10)15-12(16)18/h3-4,7H,2,5-6H2,1H3,(H,14,17)(H,15,18). The lowest BCUT2D eigenvalue weighted by Gasteiger charge is -2.04. The smallest absolute Gasteiger partial charge is 0.221 e. The van der Waals surface area contributed by atoms with Crippen LogP contribution in [0.2, 0.25) is 0 Å². The van der Waals surface area contributed by atoms with Gasteiger partial charge >= 0.3 is 0 Å². The lowest BCUT2D eigenvalue weighted by Crippen LogP contribution is -2.23. The van der Waals surface area contributed by atoms with Crippen molar-refractivity contribution in [1.29, 1.82) is 0 Å². The van der Waals surface area contributed by atoms with E-state index in [0.29, 0.717) is 29.8 Å². The number of amides is 1. The highest BCUT2D eigenvalue weighted by Gasteiger charge is 2.07. The predicted octanol–water partition coefficient (Wildman–Crippen LogP) is 2.36. The van der Waals surface area contributed by atoms with Crippen LogP contribution < -0.4 is 5.32 Å². The lowest BCUT2D eigenvalue weighted by atomic mass is 10.3. The van der Waals surface area contributed by atoms with E-state index in [1.807, 2.05) is 6.92 Å². The minimum atomic E-state index is -0.316. The quantitative estimate of drug-likeness (QED) is 0.836. The molecule has 1 heterocycles. The topological polar surface area (TPSA) is 49.8 Å². The average Bonchev–Trinajstić information content (AvgIpc) is 2.62. The van der Waals surface area contributed by atoms with Crippen LogP contribution in [0.25, 0.3) is 11.0 Å². The zero-order valence-corrected chi connectivity index (χ0v) is 10.8. The monoisotopic (exact) mass is 267 g/mol. The summed E-state index contributed by atoms with van der Waals surface area (Å²) in [5, 5.41) is 2.72. The number of carbonyl (C=O) groups excluding carboxylic acids is 1. The molecule has 18 heavy (non-hydrogen) atoms. The maximum atomic E-state index is 13.2. The number of hydrogen-bond acceptors (Lipinski definition) is 2. The summed E-state index contributed by atoms with van der Waals surface area (Å²) >= 11 is 5.17. The highest BCUT2D eigenvalue weighted by molar-refractivity contribution is 7.71. The molecule has 2 N–H and O–H groups in total. The number of aromatic nitrogens is 2. The van der Waals surface area contributed by atoms with E-state index < -0.39 is 0 Å². The van der Waals surface area contributed by atoms with Crippen molar-refractivity contribution in [3.63, 3.8) is 0 Å². The van der Waals surface area contributed by atoms with Gasteiger partial charge < -0.3 is 14.9 Å². The van der Waals surface area contributed by atoms with E-state index in [-0.39, 0.29) is 11.7 Å². The number of aryl methyl sites for hydroxylation is 1. The second-order valence-corrected chi connectivity index (χ2v) is 4.33. The van der Waals surface area contributed by atoms with Gasteiger partial charge in [-0.3, -0.25) is 4.79 Å². The molecule has 0 fully saturated rings. The Morgan fingerprint density at radius 1 is 1.56 bits per heavy atom. The third-order valence-electron chi connectivity index (χ3n) is 2.67. The maximum Gasteiger partial charge on any atom is 0.221 e. The Hall–Kier alpha value is -1.69. The van der Waals surface area contributed by atoms with Crippen molar-refractivity contribution < 1.29 is 9.18 Å². The fraction of sp³-hybridized carbons (Fsp3) is 0.333. The summed E-state index contributed by atoms with van der Waals surface area (Å²) in [4.78, 5) is 14.4. The van der Waals surface area contributed by atoms with Crippen molar-refractivity contribution >= 4 is 29.2 Å². The average molecular weight is 267 g/mol. The van der Waals surface area contributed by atoms with E-state index in [4.69, 9.17) is 12.2 Å². The molecule has 1 aromatic carbocycles. The molecule has 0 bridgehead atoms. The largest absolute Gasteiger partial charge is 0.356 e. The van der Waals surface area contributed by atoms with E-state index in [1.165, 1.54) is 12.1 Å². The van der Waals surface area contributed by atoms with Gasteiger partial charge in [-0.25, -0.2) is 4.39 Å². The van der Waals surface area contributed by atoms with E-state index in [9.17, 15) is 9.18 Å². The summed E-state index contributed by atoms with van der Waals surface area (Å²) in [6.45, 7) is 2.91. The number of carbonyl (C=O) groups is 1. The number of H-pyrrole nitrogens is 1. The molecule has 96 valence electrons. The van der Waals surface area contributed by atoms with Gasteiger partial charge in [0.25, 0.3) is 0 Å². The molecule has 0 unspecified atom stereocenters. The van der Waals surface area contributed by atoms with Crippen molar-refractivity contribution in [3.05, 3.63) is 28.8 Å². The molecule has 0 aliphatic heterocycles. The Bertz CT molecular complexity index is 632. The summed E-state index contributed by atoms with van der Waals surface area (Å²) in [7, 11) is 0. The summed E-state index contributed by atoms with van der Waals surface area (Å²) < 4.78 is 15.4. The lowest BCUT2D eigenvalue weighted by molar-refractivity contribution is -0.121. The number of nitrogens with one attached hydrogen (secondary N) is 2. The number of nitrogens with zero attached hydrogens (tertiary/aromatic N) is 1. The van der Waals surface area contributed by atoms with E-state index in [0.717, 1.165) is 5.52 Å². The maximum absolute atomic E-state index is 13.2. The third kappa shape index (κ3) is 2.59. The molecule has 1 amide bonds. The van der Waals surface area contributed by atoms with Gasteiger partial charge in [0, 0.05) is 19.5 Å². The van der Waals surface area contributed by atoms with Crippen LogP contribution in [0.3, 0.4) is 0 Å². The van der Waals surface area contributed by atoms with Crippen LogP contribution in [-0.2, 0) is 11.3 Å². The molecule has 2 aromatic rings. The molecule has 1 aromatic heterocycles. The normalized spacial score (nSPS) is 10.8. The first-order chi connectivity index (χ1) is 8.61. The first-order valence-corrected chi connectivity index (χ1v) is 6.17. The zero-order valence-electron chi connectivity index (χ0n) is 10.00. The highest BCUT2D eigenvalue weighted by Crippen LogP contribution is 2.15. The summed E-state index contributed by atoms with van der Waals surface area (Å²) in [6.07, 6.45) is 0.325. The molecule has 0 saturated carbocycles. The summed E-state index contributed by atoms with van der Waals surface area (Å²) in [5.41, 5.74) is 1.46. The van der Waals surface area contributed by atoms with Crippen molar-refractivity contribution in [3.8, 4) is 0 Å². The number of hydrogen-bond donors (Lipinski definition) is 2. The van der Waals surface area contributed by atoms with Gasteiger partial charge in [0.15, 0.2) is 4.77 Å².